The lowest BCUT2D eigenvalue weighted by Gasteiger charge is -2.08. The highest BCUT2D eigenvalue weighted by Crippen LogP contribution is 2.19. The van der Waals surface area contributed by atoms with Gasteiger partial charge in [0.25, 0.3) is 5.91 Å². The number of allylic oxidation sites excluding steroid dienone is 4. The van der Waals surface area contributed by atoms with Crippen LogP contribution in [0.2, 0.25) is 0 Å². The Labute approximate surface area is 153 Å². The molecule has 0 aromatic heterocycles. The topological polar surface area (TPSA) is 86.6 Å². The number of rotatable bonds is 6. The highest BCUT2D eigenvalue weighted by Gasteiger charge is 2.37. The Kier molecular flexibility index (Phi) is 6.39. The highest BCUT2D eigenvalue weighted by molar-refractivity contribution is 6.27. The average molecular weight is 355 g/mol. The quantitative estimate of drug-likeness (QED) is 0.316. The summed E-state index contributed by atoms with van der Waals surface area (Å²) in [6.45, 7) is 6.09. The first kappa shape index (κ1) is 19.5. The number of carbonyl (C=O) groups is 2. The Bertz CT molecular complexity index is 772. The molecule has 5 nitrogen and oxygen atoms in total. The molecule has 26 heavy (non-hydrogen) atoms. The van der Waals surface area contributed by atoms with Crippen molar-refractivity contribution in [2.45, 2.75) is 39.7 Å². The molecule has 138 valence electrons. The summed E-state index contributed by atoms with van der Waals surface area (Å²) in [5, 5.41) is 22.1. The van der Waals surface area contributed by atoms with Crippen molar-refractivity contribution < 1.29 is 19.8 Å². The SMILES string of the molecule is CC[C@@H](C)/C=C(C)/C=C/C(O)=C1\C(=O)N[C@@H](Cc2ccc(O)cc2)C1=O. The van der Waals surface area contributed by atoms with Crippen molar-refractivity contribution in [1.82, 2.24) is 5.32 Å². The summed E-state index contributed by atoms with van der Waals surface area (Å²) in [6, 6.07) is 5.73. The smallest absolute Gasteiger partial charge is 0.259 e. The molecule has 1 heterocycles. The minimum atomic E-state index is -0.714. The van der Waals surface area contributed by atoms with E-state index in [0.717, 1.165) is 17.6 Å². The number of hydrogen-bond acceptors (Lipinski definition) is 4. The van der Waals surface area contributed by atoms with E-state index < -0.39 is 17.7 Å². The number of phenols is 1. The number of benzene rings is 1. The maximum atomic E-state index is 12.5. The summed E-state index contributed by atoms with van der Waals surface area (Å²) in [6.07, 6.45) is 6.47. The molecular weight excluding hydrogens is 330 g/mol. The van der Waals surface area contributed by atoms with Crippen LogP contribution >= 0.6 is 0 Å². The van der Waals surface area contributed by atoms with Gasteiger partial charge in [-0.15, -0.1) is 0 Å². The maximum Gasteiger partial charge on any atom is 0.259 e. The standard InChI is InChI=1S/C21H25NO4/c1-4-13(2)11-14(3)5-10-18(24)19-20(25)17(22-21(19)26)12-15-6-8-16(23)9-7-15/h5-11,13,17,23-24H,4,12H2,1-3H3,(H,22,26)/b10-5+,14-11+,19-18+/t13-,17+/m1/s1. The zero-order valence-corrected chi connectivity index (χ0v) is 15.3. The number of nitrogens with one attached hydrogen (secondary N) is 1. The first-order valence-corrected chi connectivity index (χ1v) is 8.74. The normalized spacial score (nSPS) is 21.2. The number of Topliss-reactive ketones (excluding diaryl/α,β-unsaturated/α-hetero) is 1. The van der Waals surface area contributed by atoms with Gasteiger partial charge in [-0.2, -0.15) is 0 Å². The van der Waals surface area contributed by atoms with Gasteiger partial charge >= 0.3 is 0 Å². The number of ketones is 1. The second kappa shape index (κ2) is 8.52. The average Bonchev–Trinajstić information content (AvgIpc) is 2.88. The Morgan fingerprint density at radius 2 is 1.88 bits per heavy atom. The third-order valence-corrected chi connectivity index (χ3v) is 4.42. The van der Waals surface area contributed by atoms with E-state index in [4.69, 9.17) is 0 Å². The number of aliphatic hydroxyl groups excluding tert-OH is 1. The van der Waals surface area contributed by atoms with Gasteiger partial charge in [-0.05, 0) is 36.6 Å². The largest absolute Gasteiger partial charge is 0.508 e. The Morgan fingerprint density at radius 1 is 1.23 bits per heavy atom. The van der Waals surface area contributed by atoms with Crippen molar-refractivity contribution in [3.8, 4) is 5.75 Å². The fraction of sp³-hybridized carbons (Fsp3) is 0.333. The molecule has 0 spiro atoms. The lowest BCUT2D eigenvalue weighted by molar-refractivity contribution is -0.117. The predicted octanol–water partition coefficient (Wildman–Crippen LogP) is 3.36. The zero-order chi connectivity index (χ0) is 19.3. The van der Waals surface area contributed by atoms with Gasteiger partial charge in [0, 0.05) is 6.42 Å². The van der Waals surface area contributed by atoms with Crippen molar-refractivity contribution in [3.05, 3.63) is 65.0 Å². The minimum Gasteiger partial charge on any atom is -0.508 e. The van der Waals surface area contributed by atoms with Gasteiger partial charge in [-0.1, -0.05) is 50.1 Å². The molecule has 1 fully saturated rings. The molecule has 2 rings (SSSR count). The van der Waals surface area contributed by atoms with Gasteiger partial charge in [0.05, 0.1) is 6.04 Å². The third kappa shape index (κ3) is 4.85. The summed E-state index contributed by atoms with van der Waals surface area (Å²) in [5.41, 5.74) is 1.56. The van der Waals surface area contributed by atoms with E-state index in [-0.39, 0.29) is 17.1 Å². The number of amides is 1. The molecule has 1 aromatic carbocycles. The number of aliphatic hydroxyl groups is 1. The fourth-order valence-electron chi connectivity index (χ4n) is 2.75. The molecule has 1 aromatic rings. The number of phenolic OH excluding ortho intramolecular Hbond substituents is 1. The van der Waals surface area contributed by atoms with Crippen LogP contribution in [-0.4, -0.2) is 27.9 Å². The van der Waals surface area contributed by atoms with E-state index in [1.54, 1.807) is 18.2 Å². The van der Waals surface area contributed by atoms with Crippen LogP contribution < -0.4 is 5.32 Å². The summed E-state index contributed by atoms with van der Waals surface area (Å²) < 4.78 is 0. The van der Waals surface area contributed by atoms with Gasteiger partial charge in [0.1, 0.15) is 17.1 Å². The summed E-state index contributed by atoms with van der Waals surface area (Å²) >= 11 is 0. The van der Waals surface area contributed by atoms with E-state index >= 15 is 0 Å². The van der Waals surface area contributed by atoms with Crippen molar-refractivity contribution in [1.29, 1.82) is 0 Å². The van der Waals surface area contributed by atoms with Crippen molar-refractivity contribution in [3.63, 3.8) is 0 Å². The van der Waals surface area contributed by atoms with Gasteiger partial charge in [0.15, 0.2) is 5.78 Å². The Morgan fingerprint density at radius 3 is 2.50 bits per heavy atom. The second-order valence-electron chi connectivity index (χ2n) is 6.65. The Hall–Kier alpha value is -2.82. The van der Waals surface area contributed by atoms with Gasteiger partial charge in [-0.25, -0.2) is 0 Å². The van der Waals surface area contributed by atoms with E-state index in [0.29, 0.717) is 12.3 Å². The number of hydrogen-bond donors (Lipinski definition) is 3. The summed E-state index contributed by atoms with van der Waals surface area (Å²) in [7, 11) is 0. The molecule has 1 amide bonds. The van der Waals surface area contributed by atoms with Crippen LogP contribution in [0.5, 0.6) is 5.75 Å². The molecule has 1 aliphatic heterocycles. The van der Waals surface area contributed by atoms with Crippen molar-refractivity contribution in [2.24, 2.45) is 5.92 Å². The monoisotopic (exact) mass is 355 g/mol. The molecule has 1 aliphatic rings. The van der Waals surface area contributed by atoms with Crippen molar-refractivity contribution in [2.75, 3.05) is 0 Å². The molecule has 0 unspecified atom stereocenters. The van der Waals surface area contributed by atoms with Crippen LogP contribution in [-0.2, 0) is 16.0 Å². The van der Waals surface area contributed by atoms with Crippen LogP contribution in [0.1, 0.15) is 32.8 Å². The first-order chi connectivity index (χ1) is 12.3. The fourth-order valence-corrected chi connectivity index (χ4v) is 2.75. The summed E-state index contributed by atoms with van der Waals surface area (Å²) in [4.78, 5) is 24.6. The lowest BCUT2D eigenvalue weighted by Crippen LogP contribution is -2.31. The van der Waals surface area contributed by atoms with E-state index in [1.165, 1.54) is 18.2 Å². The molecule has 2 atom stereocenters. The molecule has 1 saturated heterocycles. The molecule has 5 heteroatoms. The van der Waals surface area contributed by atoms with Crippen molar-refractivity contribution >= 4 is 11.7 Å². The van der Waals surface area contributed by atoms with Crippen LogP contribution in [0.4, 0.5) is 0 Å². The van der Waals surface area contributed by atoms with Crippen LogP contribution in [0, 0.1) is 5.92 Å². The second-order valence-corrected chi connectivity index (χ2v) is 6.65. The third-order valence-electron chi connectivity index (χ3n) is 4.42. The minimum absolute atomic E-state index is 0.139. The highest BCUT2D eigenvalue weighted by atomic mass is 16.3. The first-order valence-electron chi connectivity index (χ1n) is 8.74. The Balaban J connectivity index is 2.14. The maximum absolute atomic E-state index is 12.5. The molecule has 3 N–H and O–H groups in total. The molecule has 0 radical (unpaired) electrons. The molecular formula is C21H25NO4. The molecule has 0 saturated carbocycles. The lowest BCUT2D eigenvalue weighted by atomic mass is 10.0. The van der Waals surface area contributed by atoms with E-state index in [1.807, 2.05) is 6.92 Å². The predicted molar refractivity (Wildman–Crippen MR) is 101 cm³/mol. The van der Waals surface area contributed by atoms with Crippen LogP contribution in [0.25, 0.3) is 0 Å². The van der Waals surface area contributed by atoms with Gasteiger partial charge < -0.3 is 15.5 Å². The van der Waals surface area contributed by atoms with Gasteiger partial charge in [-0.3, -0.25) is 9.59 Å². The molecule has 0 bridgehead atoms. The number of carbonyl (C=O) groups excluding carboxylic acids is 2. The zero-order valence-electron chi connectivity index (χ0n) is 15.3. The number of aromatic hydroxyl groups is 1. The summed E-state index contributed by atoms with van der Waals surface area (Å²) in [5.74, 6) is -0.754. The van der Waals surface area contributed by atoms with Gasteiger partial charge in [0.2, 0.25) is 0 Å². The molecule has 0 aliphatic carbocycles. The van der Waals surface area contributed by atoms with E-state index in [9.17, 15) is 19.8 Å². The van der Waals surface area contributed by atoms with E-state index in [2.05, 4.69) is 25.2 Å². The van der Waals surface area contributed by atoms with Crippen LogP contribution in [0.3, 0.4) is 0 Å². The van der Waals surface area contributed by atoms with Crippen LogP contribution in [0.15, 0.2) is 59.4 Å².